The van der Waals surface area contributed by atoms with Gasteiger partial charge < -0.3 is 26.5 Å². The standard InChI is InChI=1S/C28H25N5O/c29-24-12-1-3-14-26(24)31-20-8-5-10-22(18-20)33(28-16-7-17-34-28)23-11-6-9-21(19-23)32-27-15-4-2-13-25(27)30/h1-19,31-32H,29-30H2. The second-order valence-corrected chi connectivity index (χ2v) is 7.81. The Bertz CT molecular complexity index is 1310. The summed E-state index contributed by atoms with van der Waals surface area (Å²) < 4.78 is 5.80. The molecule has 6 heteroatoms. The number of nitrogen functional groups attached to an aromatic ring is 2. The van der Waals surface area contributed by atoms with Crippen LogP contribution >= 0.6 is 0 Å². The molecule has 0 spiro atoms. The molecule has 6 N–H and O–H groups in total. The van der Waals surface area contributed by atoms with E-state index in [1.165, 1.54) is 0 Å². The van der Waals surface area contributed by atoms with E-state index in [4.69, 9.17) is 15.9 Å². The summed E-state index contributed by atoms with van der Waals surface area (Å²) in [6.45, 7) is 0. The van der Waals surface area contributed by atoms with Crippen LogP contribution in [-0.4, -0.2) is 0 Å². The van der Waals surface area contributed by atoms with Crippen LogP contribution in [0.25, 0.3) is 0 Å². The van der Waals surface area contributed by atoms with Gasteiger partial charge in [0.1, 0.15) is 0 Å². The van der Waals surface area contributed by atoms with E-state index in [0.29, 0.717) is 17.3 Å². The molecule has 0 unspecified atom stereocenters. The fourth-order valence-corrected chi connectivity index (χ4v) is 3.78. The maximum Gasteiger partial charge on any atom is 0.204 e. The van der Waals surface area contributed by atoms with Crippen molar-refractivity contribution in [1.82, 2.24) is 0 Å². The van der Waals surface area contributed by atoms with Gasteiger partial charge in [-0.25, -0.2) is 0 Å². The predicted molar refractivity (Wildman–Crippen MR) is 142 cm³/mol. The number of nitrogens with one attached hydrogen (secondary N) is 2. The van der Waals surface area contributed by atoms with E-state index >= 15 is 0 Å². The first-order valence-corrected chi connectivity index (χ1v) is 10.9. The third-order valence-electron chi connectivity index (χ3n) is 5.41. The second-order valence-electron chi connectivity index (χ2n) is 7.81. The maximum atomic E-state index is 6.12. The van der Waals surface area contributed by atoms with E-state index in [-0.39, 0.29) is 0 Å². The van der Waals surface area contributed by atoms with Gasteiger partial charge in [0.15, 0.2) is 0 Å². The molecule has 1 aromatic heterocycles. The third-order valence-corrected chi connectivity index (χ3v) is 5.41. The average Bonchev–Trinajstić information content (AvgIpc) is 3.37. The minimum atomic E-state index is 0.690. The van der Waals surface area contributed by atoms with Gasteiger partial charge in [0.25, 0.3) is 0 Å². The number of nitrogens with zero attached hydrogens (tertiary/aromatic N) is 1. The Morgan fingerprint density at radius 3 is 1.56 bits per heavy atom. The molecule has 1 heterocycles. The molecular weight excluding hydrogens is 422 g/mol. The SMILES string of the molecule is Nc1ccccc1Nc1cccc(N(c2cccc(Nc3ccccc3N)c2)c2ccco2)c1. The quantitative estimate of drug-likeness (QED) is 0.194. The third kappa shape index (κ3) is 4.52. The molecule has 0 fully saturated rings. The molecule has 5 rings (SSSR count). The van der Waals surface area contributed by atoms with Gasteiger partial charge in [0.2, 0.25) is 5.88 Å². The summed E-state index contributed by atoms with van der Waals surface area (Å²) >= 11 is 0. The fourth-order valence-electron chi connectivity index (χ4n) is 3.78. The Balaban J connectivity index is 1.50. The van der Waals surface area contributed by atoms with Crippen molar-refractivity contribution in [3.8, 4) is 0 Å². The van der Waals surface area contributed by atoms with Crippen molar-refractivity contribution in [1.29, 1.82) is 0 Å². The lowest BCUT2D eigenvalue weighted by atomic mass is 10.2. The van der Waals surface area contributed by atoms with Gasteiger partial charge >= 0.3 is 0 Å². The van der Waals surface area contributed by atoms with Crippen molar-refractivity contribution in [3.63, 3.8) is 0 Å². The molecule has 0 aliphatic carbocycles. The zero-order valence-electron chi connectivity index (χ0n) is 18.5. The van der Waals surface area contributed by atoms with E-state index in [9.17, 15) is 0 Å². The van der Waals surface area contributed by atoms with E-state index < -0.39 is 0 Å². The minimum absolute atomic E-state index is 0.690. The number of nitrogens with two attached hydrogens (primary N) is 2. The minimum Gasteiger partial charge on any atom is -0.448 e. The van der Waals surface area contributed by atoms with Crippen LogP contribution in [0.1, 0.15) is 0 Å². The Kier molecular flexibility index (Phi) is 5.78. The summed E-state index contributed by atoms with van der Waals surface area (Å²) in [6, 6.07) is 35.4. The van der Waals surface area contributed by atoms with Crippen molar-refractivity contribution < 1.29 is 4.42 Å². The van der Waals surface area contributed by atoms with Gasteiger partial charge in [-0.15, -0.1) is 0 Å². The number of furan rings is 1. The van der Waals surface area contributed by atoms with E-state index in [1.807, 2.05) is 97.1 Å². The van der Waals surface area contributed by atoms with Gasteiger partial charge in [-0.2, -0.15) is 0 Å². The van der Waals surface area contributed by atoms with Gasteiger partial charge in [-0.3, -0.25) is 4.90 Å². The predicted octanol–water partition coefficient (Wildman–Crippen LogP) is 7.40. The van der Waals surface area contributed by atoms with Crippen LogP contribution in [0.4, 0.5) is 51.4 Å². The fraction of sp³-hybridized carbons (Fsp3) is 0. The van der Waals surface area contributed by atoms with E-state index in [2.05, 4.69) is 27.7 Å². The molecule has 5 aromatic rings. The molecule has 4 aromatic carbocycles. The summed E-state index contributed by atoms with van der Waals surface area (Å²) in [5.74, 6) is 0.702. The highest BCUT2D eigenvalue weighted by Gasteiger charge is 2.16. The molecule has 0 radical (unpaired) electrons. The summed E-state index contributed by atoms with van der Waals surface area (Å²) in [5, 5.41) is 6.81. The molecule has 0 amide bonds. The van der Waals surface area contributed by atoms with E-state index in [1.54, 1.807) is 6.26 Å². The van der Waals surface area contributed by atoms with Crippen LogP contribution in [0.5, 0.6) is 0 Å². The molecule has 0 saturated carbocycles. The Hall–Kier alpha value is -4.84. The Labute approximate surface area is 198 Å². The zero-order valence-corrected chi connectivity index (χ0v) is 18.5. The first-order chi connectivity index (χ1) is 16.7. The van der Waals surface area contributed by atoms with Crippen molar-refractivity contribution in [3.05, 3.63) is 115 Å². The normalized spacial score (nSPS) is 10.6. The van der Waals surface area contributed by atoms with Gasteiger partial charge in [-0.1, -0.05) is 36.4 Å². The summed E-state index contributed by atoms with van der Waals surface area (Å²) in [6.07, 6.45) is 1.67. The number of rotatable bonds is 7. The van der Waals surface area contributed by atoms with Crippen LogP contribution < -0.4 is 27.0 Å². The molecule has 0 atom stereocenters. The molecule has 0 aliphatic rings. The molecule has 34 heavy (non-hydrogen) atoms. The highest BCUT2D eigenvalue weighted by Crippen LogP contribution is 2.38. The van der Waals surface area contributed by atoms with E-state index in [0.717, 1.165) is 34.1 Å². The van der Waals surface area contributed by atoms with Crippen LogP contribution in [0.15, 0.2) is 120 Å². The average molecular weight is 448 g/mol. The zero-order chi connectivity index (χ0) is 23.3. The number of anilines is 9. The maximum absolute atomic E-state index is 6.12. The van der Waals surface area contributed by atoms with Crippen molar-refractivity contribution in [2.24, 2.45) is 0 Å². The molecule has 0 aliphatic heterocycles. The van der Waals surface area contributed by atoms with Gasteiger partial charge in [0, 0.05) is 17.4 Å². The second kappa shape index (κ2) is 9.34. The van der Waals surface area contributed by atoms with Crippen molar-refractivity contribution >= 4 is 51.4 Å². The summed E-state index contributed by atoms with van der Waals surface area (Å²) in [7, 11) is 0. The van der Waals surface area contributed by atoms with Crippen molar-refractivity contribution in [2.75, 3.05) is 27.0 Å². The molecule has 6 nitrogen and oxygen atoms in total. The Morgan fingerprint density at radius 2 is 1.09 bits per heavy atom. The largest absolute Gasteiger partial charge is 0.448 e. The van der Waals surface area contributed by atoms with Gasteiger partial charge in [-0.05, 0) is 66.7 Å². The first kappa shape index (κ1) is 21.0. The molecule has 168 valence electrons. The monoisotopic (exact) mass is 447 g/mol. The smallest absolute Gasteiger partial charge is 0.204 e. The number of benzene rings is 4. The van der Waals surface area contributed by atoms with Crippen LogP contribution in [0.2, 0.25) is 0 Å². The van der Waals surface area contributed by atoms with Gasteiger partial charge in [0.05, 0.1) is 40.4 Å². The lowest BCUT2D eigenvalue weighted by Crippen LogP contribution is -2.09. The topological polar surface area (TPSA) is 92.5 Å². The lowest BCUT2D eigenvalue weighted by molar-refractivity contribution is 0.574. The van der Waals surface area contributed by atoms with Crippen LogP contribution in [0, 0.1) is 0 Å². The summed E-state index contributed by atoms with van der Waals surface area (Å²) in [4.78, 5) is 2.05. The first-order valence-electron chi connectivity index (χ1n) is 10.9. The number of hydrogen-bond donors (Lipinski definition) is 4. The Morgan fingerprint density at radius 1 is 0.559 bits per heavy atom. The van der Waals surface area contributed by atoms with Crippen LogP contribution in [-0.2, 0) is 0 Å². The van der Waals surface area contributed by atoms with Crippen molar-refractivity contribution in [2.45, 2.75) is 0 Å². The lowest BCUT2D eigenvalue weighted by Gasteiger charge is -2.24. The number of hydrogen-bond acceptors (Lipinski definition) is 6. The molecular formula is C28H25N5O. The highest BCUT2D eigenvalue weighted by atomic mass is 16.3. The summed E-state index contributed by atoms with van der Waals surface area (Å²) in [5.41, 5.74) is 19.0. The number of para-hydroxylation sites is 4. The van der Waals surface area contributed by atoms with Crippen LogP contribution in [0.3, 0.4) is 0 Å². The highest BCUT2D eigenvalue weighted by molar-refractivity contribution is 5.81. The molecule has 0 saturated heterocycles. The molecule has 0 bridgehead atoms.